The summed E-state index contributed by atoms with van der Waals surface area (Å²) in [5, 5.41) is 12.6. The number of aryl methyl sites for hydroxylation is 2. The van der Waals surface area contributed by atoms with Gasteiger partial charge in [0, 0.05) is 24.2 Å². The summed E-state index contributed by atoms with van der Waals surface area (Å²) in [5.74, 6) is -1.74. The third-order valence-corrected chi connectivity index (χ3v) is 7.36. The third-order valence-electron chi connectivity index (χ3n) is 5.49. The van der Waals surface area contributed by atoms with E-state index in [1.807, 2.05) is 6.92 Å². The van der Waals surface area contributed by atoms with Crippen LogP contribution in [-0.4, -0.2) is 60.8 Å². The number of ketones is 1. The van der Waals surface area contributed by atoms with E-state index in [2.05, 4.69) is 5.32 Å². The molecule has 0 radical (unpaired) electrons. The number of aliphatic hydroxyl groups is 1. The summed E-state index contributed by atoms with van der Waals surface area (Å²) in [6, 6.07) is 9.67. The van der Waals surface area contributed by atoms with Gasteiger partial charge in [0.1, 0.15) is 6.04 Å². The van der Waals surface area contributed by atoms with Crippen molar-refractivity contribution in [1.29, 1.82) is 0 Å². The average Bonchev–Trinajstić information content (AvgIpc) is 3.16. The highest BCUT2D eigenvalue weighted by Crippen LogP contribution is 2.28. The molecule has 1 aliphatic heterocycles. The van der Waals surface area contributed by atoms with Gasteiger partial charge in [0.25, 0.3) is 5.91 Å². The van der Waals surface area contributed by atoms with Gasteiger partial charge in [-0.05, 0) is 56.2 Å². The number of rotatable bonds is 7. The fourth-order valence-electron chi connectivity index (χ4n) is 3.52. The second-order valence-electron chi connectivity index (χ2n) is 8.02. The van der Waals surface area contributed by atoms with Crippen LogP contribution in [0.15, 0.2) is 47.4 Å². The number of benzene rings is 2. The van der Waals surface area contributed by atoms with Crippen LogP contribution < -0.4 is 5.32 Å². The zero-order valence-electron chi connectivity index (χ0n) is 18.6. The molecular formula is C23H26N2O7S. The quantitative estimate of drug-likeness (QED) is 0.462. The normalized spacial score (nSPS) is 18.7. The highest BCUT2D eigenvalue weighted by molar-refractivity contribution is 7.89. The highest BCUT2D eigenvalue weighted by atomic mass is 32.2. The van der Waals surface area contributed by atoms with Crippen LogP contribution in [0.25, 0.3) is 0 Å². The predicted octanol–water partition coefficient (Wildman–Crippen LogP) is 1.81. The molecule has 0 spiro atoms. The third kappa shape index (κ3) is 5.65. The monoisotopic (exact) mass is 474 g/mol. The van der Waals surface area contributed by atoms with E-state index in [1.165, 1.54) is 25.1 Å². The van der Waals surface area contributed by atoms with Crippen LogP contribution >= 0.6 is 0 Å². The number of aliphatic hydroxyl groups excluding tert-OH is 1. The van der Waals surface area contributed by atoms with Gasteiger partial charge in [-0.2, -0.15) is 4.31 Å². The number of carbonyl (C=O) groups is 3. The van der Waals surface area contributed by atoms with Gasteiger partial charge >= 0.3 is 5.97 Å². The summed E-state index contributed by atoms with van der Waals surface area (Å²) < 4.78 is 32.2. The molecule has 2 aromatic rings. The van der Waals surface area contributed by atoms with Crippen LogP contribution in [0.1, 0.15) is 34.8 Å². The van der Waals surface area contributed by atoms with Crippen molar-refractivity contribution in [2.24, 2.45) is 0 Å². The molecule has 1 heterocycles. The lowest BCUT2D eigenvalue weighted by molar-refractivity contribution is -0.150. The smallest absolute Gasteiger partial charge is 0.325 e. The average molecular weight is 475 g/mol. The Morgan fingerprint density at radius 1 is 1.12 bits per heavy atom. The number of anilines is 1. The van der Waals surface area contributed by atoms with E-state index in [-0.39, 0.29) is 23.6 Å². The van der Waals surface area contributed by atoms with Crippen molar-refractivity contribution in [1.82, 2.24) is 4.31 Å². The van der Waals surface area contributed by atoms with E-state index >= 15 is 0 Å². The van der Waals surface area contributed by atoms with Crippen molar-refractivity contribution >= 4 is 33.4 Å². The summed E-state index contributed by atoms with van der Waals surface area (Å²) in [4.78, 5) is 36.3. The minimum atomic E-state index is -4.07. The summed E-state index contributed by atoms with van der Waals surface area (Å²) in [5.41, 5.74) is 2.47. The fourth-order valence-corrected chi connectivity index (χ4v) is 5.23. The first kappa shape index (κ1) is 24.6. The first-order chi connectivity index (χ1) is 15.5. The summed E-state index contributed by atoms with van der Waals surface area (Å²) in [6.07, 6.45) is -1.17. The summed E-state index contributed by atoms with van der Waals surface area (Å²) in [7, 11) is -4.07. The summed E-state index contributed by atoms with van der Waals surface area (Å²) in [6.45, 7) is 4.14. The molecule has 2 aromatic carbocycles. The van der Waals surface area contributed by atoms with Crippen LogP contribution in [0.3, 0.4) is 0 Å². The molecule has 1 fully saturated rings. The van der Waals surface area contributed by atoms with Crippen molar-refractivity contribution in [3.8, 4) is 0 Å². The lowest BCUT2D eigenvalue weighted by atomic mass is 10.1. The Bertz CT molecular complexity index is 1190. The fraction of sp³-hybridized carbons (Fsp3) is 0.348. The molecule has 0 aliphatic carbocycles. The van der Waals surface area contributed by atoms with Crippen molar-refractivity contribution in [3.63, 3.8) is 0 Å². The first-order valence-corrected chi connectivity index (χ1v) is 11.8. The topological polar surface area (TPSA) is 130 Å². The SMILES string of the molecule is CC(=O)c1cccc(NC(=O)COC(=O)[C@@H]2CC(O)CN2S(=O)(=O)c2ccc(C)c(C)c2)c1. The number of ether oxygens (including phenoxy) is 1. The minimum Gasteiger partial charge on any atom is -0.454 e. The Kier molecular flexibility index (Phi) is 7.31. The number of sulfonamides is 1. The zero-order chi connectivity index (χ0) is 24.3. The predicted molar refractivity (Wildman–Crippen MR) is 120 cm³/mol. The molecule has 1 aliphatic rings. The molecule has 10 heteroatoms. The van der Waals surface area contributed by atoms with Crippen molar-refractivity contribution in [2.75, 3.05) is 18.5 Å². The van der Waals surface area contributed by atoms with Crippen molar-refractivity contribution in [2.45, 2.75) is 44.2 Å². The number of β-amino-alcohol motifs (C(OH)–C–C–N with tert-alkyl or cyclic N) is 1. The lowest BCUT2D eigenvalue weighted by Gasteiger charge is -2.22. The van der Waals surface area contributed by atoms with E-state index in [4.69, 9.17) is 4.74 Å². The standard InChI is InChI=1S/C23H26N2O7S/c1-14-7-8-20(9-15(14)2)33(30,31)25-12-19(27)11-21(25)23(29)32-13-22(28)24-18-6-4-5-17(10-18)16(3)26/h4-10,19,21,27H,11-13H2,1-3H3,(H,24,28)/t19?,21-/m0/s1. The molecule has 2 atom stereocenters. The largest absolute Gasteiger partial charge is 0.454 e. The molecular weight excluding hydrogens is 448 g/mol. The minimum absolute atomic E-state index is 0.0144. The maximum absolute atomic E-state index is 13.1. The van der Waals surface area contributed by atoms with Gasteiger partial charge < -0.3 is 15.2 Å². The number of amides is 1. The lowest BCUT2D eigenvalue weighted by Crippen LogP contribution is -2.42. The second kappa shape index (κ2) is 9.82. The van der Waals surface area contributed by atoms with Gasteiger partial charge in [0.05, 0.1) is 11.0 Å². The van der Waals surface area contributed by atoms with E-state index in [0.29, 0.717) is 11.3 Å². The molecule has 1 saturated heterocycles. The molecule has 2 N–H and O–H groups in total. The number of hydrogen-bond donors (Lipinski definition) is 2. The molecule has 9 nitrogen and oxygen atoms in total. The van der Waals surface area contributed by atoms with Gasteiger partial charge in [-0.1, -0.05) is 18.2 Å². The molecule has 1 unspecified atom stereocenters. The highest BCUT2D eigenvalue weighted by Gasteiger charge is 2.44. The van der Waals surface area contributed by atoms with E-state index in [1.54, 1.807) is 31.2 Å². The van der Waals surface area contributed by atoms with Crippen LogP contribution in [0, 0.1) is 13.8 Å². The zero-order valence-corrected chi connectivity index (χ0v) is 19.4. The molecule has 0 saturated carbocycles. The maximum atomic E-state index is 13.1. The number of Topliss-reactive ketones (excluding diaryl/α,β-unsaturated/α-hetero) is 1. The number of carbonyl (C=O) groups excluding carboxylic acids is 3. The second-order valence-corrected chi connectivity index (χ2v) is 9.91. The van der Waals surface area contributed by atoms with Gasteiger partial charge in [-0.15, -0.1) is 0 Å². The number of hydrogen-bond acceptors (Lipinski definition) is 7. The Hall–Kier alpha value is -3.08. The van der Waals surface area contributed by atoms with Crippen LogP contribution in [0.4, 0.5) is 5.69 Å². The Morgan fingerprint density at radius 2 is 1.85 bits per heavy atom. The summed E-state index contributed by atoms with van der Waals surface area (Å²) >= 11 is 0. The molecule has 176 valence electrons. The molecule has 0 aromatic heterocycles. The first-order valence-electron chi connectivity index (χ1n) is 10.3. The van der Waals surface area contributed by atoms with Gasteiger partial charge in [-0.3, -0.25) is 14.4 Å². The number of esters is 1. The number of nitrogens with zero attached hydrogens (tertiary/aromatic N) is 1. The van der Waals surface area contributed by atoms with Gasteiger partial charge in [-0.25, -0.2) is 8.42 Å². The van der Waals surface area contributed by atoms with Gasteiger partial charge in [0.2, 0.25) is 10.0 Å². The van der Waals surface area contributed by atoms with Crippen molar-refractivity contribution in [3.05, 3.63) is 59.2 Å². The van der Waals surface area contributed by atoms with E-state index in [0.717, 1.165) is 15.4 Å². The molecule has 1 amide bonds. The molecule has 33 heavy (non-hydrogen) atoms. The van der Waals surface area contributed by atoms with E-state index < -0.39 is 40.7 Å². The Balaban J connectivity index is 1.68. The van der Waals surface area contributed by atoms with E-state index in [9.17, 15) is 27.9 Å². The van der Waals surface area contributed by atoms with Crippen LogP contribution in [0.2, 0.25) is 0 Å². The molecule has 3 rings (SSSR count). The number of nitrogens with one attached hydrogen (secondary N) is 1. The van der Waals surface area contributed by atoms with Crippen LogP contribution in [-0.2, 0) is 24.3 Å². The van der Waals surface area contributed by atoms with Gasteiger partial charge in [0.15, 0.2) is 12.4 Å². The molecule has 0 bridgehead atoms. The Morgan fingerprint density at radius 3 is 2.52 bits per heavy atom. The van der Waals surface area contributed by atoms with Crippen molar-refractivity contribution < 1.29 is 32.6 Å². The van der Waals surface area contributed by atoms with Crippen LogP contribution in [0.5, 0.6) is 0 Å². The Labute approximate surface area is 192 Å². The maximum Gasteiger partial charge on any atom is 0.325 e.